The first-order valence-corrected chi connectivity index (χ1v) is 10.1. The lowest BCUT2D eigenvalue weighted by molar-refractivity contribution is -0.274. The molecule has 1 aliphatic rings. The lowest BCUT2D eigenvalue weighted by Crippen LogP contribution is -2.38. The van der Waals surface area contributed by atoms with Crippen LogP contribution in [0.15, 0.2) is 42.7 Å². The third-order valence-electron chi connectivity index (χ3n) is 5.23. The summed E-state index contributed by atoms with van der Waals surface area (Å²) in [6, 6.07) is 6.50. The van der Waals surface area contributed by atoms with Gasteiger partial charge >= 0.3 is 6.36 Å². The lowest BCUT2D eigenvalue weighted by Gasteiger charge is -2.32. The smallest absolute Gasteiger partial charge is 0.406 e. The summed E-state index contributed by atoms with van der Waals surface area (Å²) >= 11 is 0. The van der Waals surface area contributed by atoms with E-state index >= 15 is 0 Å². The number of nitrogens with one attached hydrogen (secondary N) is 1. The second-order valence-electron chi connectivity index (χ2n) is 7.57. The molecule has 0 spiro atoms. The average molecular weight is 464 g/mol. The Labute approximate surface area is 186 Å². The number of carbonyl (C=O) groups is 1. The molecule has 0 saturated carbocycles. The van der Waals surface area contributed by atoms with Crippen molar-refractivity contribution in [2.75, 3.05) is 18.4 Å². The number of amides is 1. The fourth-order valence-electron chi connectivity index (χ4n) is 3.66. The van der Waals surface area contributed by atoms with Gasteiger partial charge in [0.2, 0.25) is 5.95 Å². The van der Waals surface area contributed by atoms with Crippen LogP contribution in [0.4, 0.5) is 29.3 Å². The summed E-state index contributed by atoms with van der Waals surface area (Å²) in [6.07, 6.45) is -0.974. The van der Waals surface area contributed by atoms with E-state index in [2.05, 4.69) is 25.1 Å². The number of alkyl halides is 3. The normalized spacial score (nSPS) is 14.9. The van der Waals surface area contributed by atoms with E-state index in [0.717, 1.165) is 18.3 Å². The third kappa shape index (κ3) is 5.57. The topological polar surface area (TPSA) is 85.2 Å². The van der Waals surface area contributed by atoms with Crippen LogP contribution < -0.4 is 10.1 Å². The highest BCUT2D eigenvalue weighted by Crippen LogP contribution is 2.30. The van der Waals surface area contributed by atoms with E-state index in [1.54, 1.807) is 28.9 Å². The molecule has 1 aliphatic heterocycles. The van der Waals surface area contributed by atoms with Crippen LogP contribution in [0.1, 0.15) is 34.8 Å². The maximum atomic E-state index is 14.4. The molecule has 0 unspecified atom stereocenters. The molecule has 33 heavy (non-hydrogen) atoms. The van der Waals surface area contributed by atoms with E-state index in [1.165, 1.54) is 12.1 Å². The molecule has 4 rings (SSSR count). The van der Waals surface area contributed by atoms with Gasteiger partial charge in [-0.25, -0.2) is 14.4 Å². The summed E-state index contributed by atoms with van der Waals surface area (Å²) in [6.45, 7) is 0.716. The Kier molecular flexibility index (Phi) is 6.16. The van der Waals surface area contributed by atoms with Gasteiger partial charge in [-0.3, -0.25) is 9.48 Å². The zero-order valence-corrected chi connectivity index (χ0v) is 17.5. The first kappa shape index (κ1) is 22.5. The number of ether oxygens (including phenoxy) is 1. The number of nitrogens with zero attached hydrogens (tertiary/aromatic N) is 5. The molecule has 1 N–H and O–H groups in total. The molecule has 0 radical (unpaired) electrons. The molecule has 1 amide bonds. The molecule has 8 nitrogen and oxygen atoms in total. The quantitative estimate of drug-likeness (QED) is 0.575. The van der Waals surface area contributed by atoms with Gasteiger partial charge in [0, 0.05) is 43.9 Å². The molecule has 0 bridgehead atoms. The number of carbonyl (C=O) groups excluding carboxylic acids is 1. The monoisotopic (exact) mass is 464 g/mol. The molecule has 3 heterocycles. The van der Waals surface area contributed by atoms with Crippen LogP contribution in [-0.4, -0.2) is 50.0 Å². The van der Waals surface area contributed by atoms with Crippen molar-refractivity contribution >= 4 is 17.7 Å². The largest absolute Gasteiger partial charge is 0.573 e. The summed E-state index contributed by atoms with van der Waals surface area (Å²) < 4.78 is 56.7. The maximum Gasteiger partial charge on any atom is 0.573 e. The van der Waals surface area contributed by atoms with Crippen molar-refractivity contribution in [2.45, 2.75) is 25.1 Å². The zero-order chi connectivity index (χ0) is 23.6. The fourth-order valence-corrected chi connectivity index (χ4v) is 3.66. The molecule has 1 saturated heterocycles. The standard InChI is InChI=1S/C21H20F4N6O2/c1-30-9-8-17(29-30)27-20-26-12-16(22)18(28-20)13-6-10-31(11-7-13)19(32)14-2-4-15(5-3-14)33-21(23,24)25/h2-5,8-9,12-13H,6-7,10-11H2,1H3,(H,26,27,28,29). The van der Waals surface area contributed by atoms with Gasteiger partial charge in [-0.1, -0.05) is 0 Å². The Morgan fingerprint density at radius 1 is 1.15 bits per heavy atom. The van der Waals surface area contributed by atoms with Gasteiger partial charge < -0.3 is 15.0 Å². The van der Waals surface area contributed by atoms with Gasteiger partial charge in [-0.15, -0.1) is 13.2 Å². The second-order valence-corrected chi connectivity index (χ2v) is 7.57. The predicted octanol–water partition coefficient (Wildman–Crippen LogP) is 4.01. The summed E-state index contributed by atoms with van der Waals surface area (Å²) in [4.78, 5) is 22.6. The van der Waals surface area contributed by atoms with Gasteiger partial charge in [-0.2, -0.15) is 5.10 Å². The highest BCUT2D eigenvalue weighted by molar-refractivity contribution is 5.94. The summed E-state index contributed by atoms with van der Waals surface area (Å²) in [5.41, 5.74) is 0.516. The molecule has 3 aromatic rings. The number of piperidine rings is 1. The van der Waals surface area contributed by atoms with E-state index in [1.807, 2.05) is 0 Å². The predicted molar refractivity (Wildman–Crippen MR) is 109 cm³/mol. The molecule has 0 atom stereocenters. The Bertz CT molecular complexity index is 1120. The molecule has 174 valence electrons. The second kappa shape index (κ2) is 9.04. The molecular weight excluding hydrogens is 444 g/mol. The van der Waals surface area contributed by atoms with Crippen molar-refractivity contribution in [2.24, 2.45) is 7.05 Å². The third-order valence-corrected chi connectivity index (χ3v) is 5.23. The molecule has 1 fully saturated rings. The van der Waals surface area contributed by atoms with Crippen molar-refractivity contribution < 1.29 is 27.1 Å². The number of anilines is 2. The number of aryl methyl sites for hydroxylation is 1. The van der Waals surface area contributed by atoms with Crippen LogP contribution in [0.3, 0.4) is 0 Å². The highest BCUT2D eigenvalue weighted by atomic mass is 19.4. The van der Waals surface area contributed by atoms with Crippen LogP contribution in [-0.2, 0) is 7.05 Å². The van der Waals surface area contributed by atoms with E-state index in [-0.39, 0.29) is 29.0 Å². The molecule has 1 aromatic carbocycles. The van der Waals surface area contributed by atoms with Crippen LogP contribution >= 0.6 is 0 Å². The van der Waals surface area contributed by atoms with E-state index in [4.69, 9.17) is 0 Å². The number of hydrogen-bond donors (Lipinski definition) is 1. The van der Waals surface area contributed by atoms with Crippen molar-refractivity contribution in [3.05, 3.63) is 59.8 Å². The van der Waals surface area contributed by atoms with Crippen molar-refractivity contribution in [1.82, 2.24) is 24.6 Å². The minimum Gasteiger partial charge on any atom is -0.406 e. The fraction of sp³-hybridized carbons (Fsp3) is 0.333. The van der Waals surface area contributed by atoms with Crippen LogP contribution in [0.5, 0.6) is 5.75 Å². The Morgan fingerprint density at radius 2 is 1.85 bits per heavy atom. The van der Waals surface area contributed by atoms with Crippen LogP contribution in [0.25, 0.3) is 0 Å². The molecular formula is C21H20F4N6O2. The highest BCUT2D eigenvalue weighted by Gasteiger charge is 2.31. The first-order chi connectivity index (χ1) is 15.7. The summed E-state index contributed by atoms with van der Waals surface area (Å²) in [5.74, 6) is -0.679. The first-order valence-electron chi connectivity index (χ1n) is 10.1. The lowest BCUT2D eigenvalue weighted by atomic mass is 9.92. The van der Waals surface area contributed by atoms with E-state index in [9.17, 15) is 22.4 Å². The van der Waals surface area contributed by atoms with Crippen LogP contribution in [0, 0.1) is 5.82 Å². The summed E-state index contributed by atoms with van der Waals surface area (Å²) in [5, 5.41) is 7.11. The molecule has 0 aliphatic carbocycles. The minimum atomic E-state index is -4.79. The van der Waals surface area contributed by atoms with Crippen molar-refractivity contribution in [1.29, 1.82) is 0 Å². The number of likely N-dealkylation sites (tertiary alicyclic amines) is 1. The minimum absolute atomic E-state index is 0.205. The van der Waals surface area contributed by atoms with Gasteiger partial charge in [0.15, 0.2) is 11.6 Å². The maximum absolute atomic E-state index is 14.4. The number of aromatic nitrogens is 4. The van der Waals surface area contributed by atoms with Gasteiger partial charge in [0.05, 0.1) is 11.9 Å². The number of benzene rings is 1. The summed E-state index contributed by atoms with van der Waals surface area (Å²) in [7, 11) is 1.77. The van der Waals surface area contributed by atoms with Crippen molar-refractivity contribution in [3.8, 4) is 5.75 Å². The zero-order valence-electron chi connectivity index (χ0n) is 17.5. The van der Waals surface area contributed by atoms with Gasteiger partial charge in [-0.05, 0) is 37.1 Å². The molecule has 12 heteroatoms. The van der Waals surface area contributed by atoms with Gasteiger partial charge in [0.25, 0.3) is 5.91 Å². The van der Waals surface area contributed by atoms with E-state index in [0.29, 0.717) is 31.7 Å². The number of halogens is 4. The Hall–Kier alpha value is -3.70. The Morgan fingerprint density at radius 3 is 2.45 bits per heavy atom. The number of rotatable bonds is 5. The van der Waals surface area contributed by atoms with Crippen LogP contribution in [0.2, 0.25) is 0 Å². The number of hydrogen-bond acceptors (Lipinski definition) is 6. The molecule has 2 aromatic heterocycles. The van der Waals surface area contributed by atoms with E-state index < -0.39 is 17.9 Å². The average Bonchev–Trinajstić information content (AvgIpc) is 3.19. The van der Waals surface area contributed by atoms with Gasteiger partial charge in [0.1, 0.15) is 5.75 Å². The SMILES string of the molecule is Cn1ccc(Nc2ncc(F)c(C3CCN(C(=O)c4ccc(OC(F)(F)F)cc4)CC3)n2)n1. The Balaban J connectivity index is 1.38. The van der Waals surface area contributed by atoms with Crippen molar-refractivity contribution in [3.63, 3.8) is 0 Å².